The molecule has 6 rings (SSSR count). The van der Waals surface area contributed by atoms with Crippen LogP contribution < -0.4 is 4.74 Å². The van der Waals surface area contributed by atoms with Gasteiger partial charge in [-0.1, -0.05) is 29.6 Å². The number of carboxylic acid groups (broad SMARTS) is 1. The lowest BCUT2D eigenvalue weighted by Crippen LogP contribution is -2.52. The summed E-state index contributed by atoms with van der Waals surface area (Å²) in [5.74, 6) is -3.75. The molecular weight excluding hydrogens is 584 g/mol. The van der Waals surface area contributed by atoms with E-state index in [1.807, 2.05) is 0 Å². The van der Waals surface area contributed by atoms with Gasteiger partial charge in [-0.2, -0.15) is 4.39 Å². The number of benzene rings is 2. The van der Waals surface area contributed by atoms with E-state index in [2.05, 4.69) is 5.16 Å². The van der Waals surface area contributed by atoms with E-state index in [0.29, 0.717) is 61.5 Å². The zero-order chi connectivity index (χ0) is 30.5. The van der Waals surface area contributed by atoms with Crippen LogP contribution in [0.5, 0.6) is 5.75 Å². The van der Waals surface area contributed by atoms with Gasteiger partial charge >= 0.3 is 5.97 Å². The van der Waals surface area contributed by atoms with Crippen LogP contribution in [0, 0.1) is 23.0 Å². The summed E-state index contributed by atoms with van der Waals surface area (Å²) >= 11 is 6.68. The smallest absolute Gasteiger partial charge is 0.310 e. The summed E-state index contributed by atoms with van der Waals surface area (Å²) in [7, 11) is 0. The molecule has 12 heteroatoms. The number of hydrogen-bond donors (Lipinski definition) is 1. The molecule has 1 N–H and O–H groups in total. The van der Waals surface area contributed by atoms with Crippen molar-refractivity contribution < 1.29 is 37.5 Å². The molecule has 1 aromatic heterocycles. The van der Waals surface area contributed by atoms with E-state index in [9.17, 15) is 28.3 Å². The molecule has 3 atom stereocenters. The van der Waals surface area contributed by atoms with E-state index in [1.54, 1.807) is 28.9 Å². The van der Waals surface area contributed by atoms with Crippen LogP contribution in [0.25, 0.3) is 11.0 Å². The van der Waals surface area contributed by atoms with Gasteiger partial charge in [0.05, 0.1) is 22.8 Å². The van der Waals surface area contributed by atoms with Crippen molar-refractivity contribution in [2.75, 3.05) is 19.6 Å². The maximum absolute atomic E-state index is 14.3. The Bertz CT molecular complexity index is 1610. The zero-order valence-corrected chi connectivity index (χ0v) is 24.5. The van der Waals surface area contributed by atoms with Crippen molar-refractivity contribution >= 4 is 40.4 Å². The summed E-state index contributed by atoms with van der Waals surface area (Å²) in [6.45, 7) is 2.58. The summed E-state index contributed by atoms with van der Waals surface area (Å²) in [5.41, 5.74) is 0.173. The number of halogens is 3. The Morgan fingerprint density at radius 1 is 1.16 bits per heavy atom. The molecule has 2 unspecified atom stereocenters. The van der Waals surface area contributed by atoms with Crippen molar-refractivity contribution in [3.8, 4) is 5.75 Å². The molecule has 9 nitrogen and oxygen atoms in total. The fourth-order valence-electron chi connectivity index (χ4n) is 6.90. The lowest BCUT2D eigenvalue weighted by Gasteiger charge is -2.45. The van der Waals surface area contributed by atoms with Gasteiger partial charge in [-0.3, -0.25) is 14.4 Å². The maximum atomic E-state index is 14.3. The highest BCUT2D eigenvalue weighted by atomic mass is 35.5. The molecule has 2 amide bonds. The molecule has 2 aliphatic heterocycles. The minimum Gasteiger partial charge on any atom is -0.487 e. The molecule has 0 spiro atoms. The molecule has 0 radical (unpaired) electrons. The molecule has 228 valence electrons. The molecule has 1 saturated carbocycles. The van der Waals surface area contributed by atoms with Crippen molar-refractivity contribution in [3.63, 3.8) is 0 Å². The number of carbonyl (C=O) groups is 3. The van der Waals surface area contributed by atoms with Crippen LogP contribution in [0.2, 0.25) is 5.02 Å². The molecule has 3 heterocycles. The second-order valence-electron chi connectivity index (χ2n) is 11.9. The number of aromatic nitrogens is 1. The van der Waals surface area contributed by atoms with Gasteiger partial charge in [-0.25, -0.2) is 4.39 Å². The van der Waals surface area contributed by atoms with Crippen LogP contribution in [0.15, 0.2) is 28.8 Å². The molecule has 3 aliphatic rings. The Balaban J connectivity index is 1.38. The van der Waals surface area contributed by atoms with E-state index >= 15 is 0 Å². The first kappa shape index (κ1) is 29.3. The SMILES string of the molecule is CC1(C(=O)O)CCCCC1C(=O)N1CCc2c(Cl)ccc(OCc3noc4c(F)c(F)ccc34)c2[C@H]1CN1CCCC1=O. The van der Waals surface area contributed by atoms with Crippen LogP contribution in [-0.4, -0.2) is 57.5 Å². The van der Waals surface area contributed by atoms with Crippen LogP contribution in [0.4, 0.5) is 8.78 Å². The summed E-state index contributed by atoms with van der Waals surface area (Å²) in [5, 5.41) is 14.8. The average Bonchev–Trinajstić information content (AvgIpc) is 3.60. The number of hydrogen-bond acceptors (Lipinski definition) is 6. The van der Waals surface area contributed by atoms with Gasteiger partial charge in [-0.15, -0.1) is 0 Å². The van der Waals surface area contributed by atoms with Gasteiger partial charge in [0.15, 0.2) is 5.82 Å². The van der Waals surface area contributed by atoms with Gasteiger partial charge in [0.2, 0.25) is 23.2 Å². The number of carboxylic acids is 1. The summed E-state index contributed by atoms with van der Waals surface area (Å²) in [4.78, 5) is 42.9. The van der Waals surface area contributed by atoms with Crippen LogP contribution >= 0.6 is 11.6 Å². The fraction of sp³-hybridized carbons (Fsp3) is 0.484. The number of aliphatic carboxylic acids is 1. The van der Waals surface area contributed by atoms with E-state index in [0.717, 1.165) is 24.5 Å². The second kappa shape index (κ2) is 11.4. The quantitative estimate of drug-likeness (QED) is 0.364. The van der Waals surface area contributed by atoms with Gasteiger partial charge < -0.3 is 24.2 Å². The lowest BCUT2D eigenvalue weighted by atomic mass is 9.66. The zero-order valence-electron chi connectivity index (χ0n) is 23.7. The van der Waals surface area contributed by atoms with Gasteiger partial charge in [0.25, 0.3) is 0 Å². The van der Waals surface area contributed by atoms with Gasteiger partial charge in [-0.05, 0) is 62.4 Å². The van der Waals surface area contributed by atoms with E-state index in [1.165, 1.54) is 6.07 Å². The minimum absolute atomic E-state index is 0.0135. The lowest BCUT2D eigenvalue weighted by molar-refractivity contribution is -0.162. The van der Waals surface area contributed by atoms with Crippen molar-refractivity contribution in [1.29, 1.82) is 0 Å². The third-order valence-electron chi connectivity index (χ3n) is 9.39. The average molecular weight is 616 g/mol. The molecule has 1 aliphatic carbocycles. The molecule has 2 fully saturated rings. The first-order valence-corrected chi connectivity index (χ1v) is 15.0. The minimum atomic E-state index is -1.19. The first-order chi connectivity index (χ1) is 20.6. The van der Waals surface area contributed by atoms with Gasteiger partial charge in [0, 0.05) is 36.6 Å². The molecule has 1 saturated heterocycles. The molecular formula is C31H32ClF2N3O6. The topological polar surface area (TPSA) is 113 Å². The number of likely N-dealkylation sites (tertiary alicyclic amines) is 1. The molecule has 43 heavy (non-hydrogen) atoms. The number of nitrogens with zero attached hydrogens (tertiary/aromatic N) is 3. The summed E-state index contributed by atoms with van der Waals surface area (Å²) < 4.78 is 39.2. The van der Waals surface area contributed by atoms with E-state index in [4.69, 9.17) is 20.9 Å². The fourth-order valence-corrected chi connectivity index (χ4v) is 7.16. The number of ether oxygens (including phenoxy) is 1. The van der Waals surface area contributed by atoms with E-state index in [-0.39, 0.29) is 41.6 Å². The summed E-state index contributed by atoms with van der Waals surface area (Å²) in [6.07, 6.45) is 3.92. The monoisotopic (exact) mass is 615 g/mol. The van der Waals surface area contributed by atoms with Crippen LogP contribution in [0.3, 0.4) is 0 Å². The predicted molar refractivity (Wildman–Crippen MR) is 151 cm³/mol. The number of amides is 2. The molecule has 2 aromatic carbocycles. The Morgan fingerprint density at radius 2 is 1.98 bits per heavy atom. The Hall–Kier alpha value is -3.73. The molecule has 0 bridgehead atoms. The normalized spacial score (nSPS) is 24.0. The van der Waals surface area contributed by atoms with Crippen LogP contribution in [-0.2, 0) is 27.4 Å². The van der Waals surface area contributed by atoms with Crippen molar-refractivity contribution in [1.82, 2.24) is 15.0 Å². The number of rotatable bonds is 7. The largest absolute Gasteiger partial charge is 0.487 e. The highest BCUT2D eigenvalue weighted by Crippen LogP contribution is 2.46. The van der Waals surface area contributed by atoms with Gasteiger partial charge in [0.1, 0.15) is 18.1 Å². The van der Waals surface area contributed by atoms with Crippen molar-refractivity contribution in [2.45, 2.75) is 64.5 Å². The Kier molecular flexibility index (Phi) is 7.78. The Labute approximate surface area is 251 Å². The van der Waals surface area contributed by atoms with E-state index < -0.39 is 35.0 Å². The third kappa shape index (κ3) is 5.11. The summed E-state index contributed by atoms with van der Waals surface area (Å²) in [6, 6.07) is 5.10. The van der Waals surface area contributed by atoms with Crippen molar-refractivity contribution in [3.05, 3.63) is 57.7 Å². The Morgan fingerprint density at radius 3 is 2.72 bits per heavy atom. The second-order valence-corrected chi connectivity index (χ2v) is 12.3. The van der Waals surface area contributed by atoms with Crippen LogP contribution in [0.1, 0.15) is 68.3 Å². The third-order valence-corrected chi connectivity index (χ3v) is 9.74. The highest BCUT2D eigenvalue weighted by molar-refractivity contribution is 6.31. The maximum Gasteiger partial charge on any atom is 0.310 e. The predicted octanol–water partition coefficient (Wildman–Crippen LogP) is 5.67. The van der Waals surface area contributed by atoms with Crippen molar-refractivity contribution in [2.24, 2.45) is 11.3 Å². The number of carbonyl (C=O) groups excluding carboxylic acids is 2. The highest BCUT2D eigenvalue weighted by Gasteiger charge is 2.50. The first-order valence-electron chi connectivity index (χ1n) is 14.6. The standard InChI is InChI=1S/C31H32ClF2N3O6/c1-31(30(40)41)12-3-2-5-19(31)29(39)37-14-11-17-20(32)8-10-24(26(17)23(37)15-36-13-4-6-25(36)38)42-16-22-18-7-9-21(33)27(34)28(18)43-35-22/h7-10,19,23H,2-6,11-16H2,1H3,(H,40,41)/t19?,23-,31?/m1/s1. The molecule has 3 aromatic rings. The number of fused-ring (bicyclic) bond motifs is 2.